The number of hydrogen-bond acceptors (Lipinski definition) is 3. The molecule has 0 aromatic rings. The second kappa shape index (κ2) is 10.2. The SMILES string of the molecule is CC(C)NC(=O)/C=C/CC(C)NC(=O)/C=C/CN(C)C. The average Bonchev–Trinajstić information content (AvgIpc) is 2.26. The Morgan fingerprint density at radius 2 is 1.55 bits per heavy atom. The Hall–Kier alpha value is -1.62. The molecule has 0 aromatic heterocycles. The molecule has 2 N–H and O–H groups in total. The molecular formula is C15H27N3O2. The van der Waals surface area contributed by atoms with E-state index in [0.29, 0.717) is 6.42 Å². The summed E-state index contributed by atoms with van der Waals surface area (Å²) in [5.74, 6) is -0.219. The predicted molar refractivity (Wildman–Crippen MR) is 82.3 cm³/mol. The summed E-state index contributed by atoms with van der Waals surface area (Å²) in [6.45, 7) is 6.46. The largest absolute Gasteiger partial charge is 0.350 e. The Bertz CT molecular complexity index is 360. The van der Waals surface area contributed by atoms with Crippen LogP contribution in [0.1, 0.15) is 27.2 Å². The van der Waals surface area contributed by atoms with E-state index in [4.69, 9.17) is 0 Å². The number of nitrogens with one attached hydrogen (secondary N) is 2. The van der Waals surface area contributed by atoms with E-state index in [2.05, 4.69) is 10.6 Å². The molecule has 0 radical (unpaired) electrons. The summed E-state index contributed by atoms with van der Waals surface area (Å²) in [5, 5.41) is 5.61. The van der Waals surface area contributed by atoms with Crippen molar-refractivity contribution in [3.05, 3.63) is 24.3 Å². The second-order valence-corrected chi connectivity index (χ2v) is 5.38. The Morgan fingerprint density at radius 1 is 1.00 bits per heavy atom. The van der Waals surface area contributed by atoms with Crippen molar-refractivity contribution in [2.75, 3.05) is 20.6 Å². The van der Waals surface area contributed by atoms with Crippen molar-refractivity contribution >= 4 is 11.8 Å². The zero-order chi connectivity index (χ0) is 15.5. The maximum Gasteiger partial charge on any atom is 0.243 e. The molecule has 0 bridgehead atoms. The van der Waals surface area contributed by atoms with Gasteiger partial charge in [-0.2, -0.15) is 0 Å². The van der Waals surface area contributed by atoms with Crippen molar-refractivity contribution in [3.63, 3.8) is 0 Å². The van der Waals surface area contributed by atoms with Gasteiger partial charge in [0, 0.05) is 24.7 Å². The van der Waals surface area contributed by atoms with Gasteiger partial charge in [-0.05, 0) is 47.4 Å². The number of rotatable bonds is 8. The molecule has 0 spiro atoms. The third-order valence-corrected chi connectivity index (χ3v) is 2.32. The van der Waals surface area contributed by atoms with Crippen LogP contribution in [-0.2, 0) is 9.59 Å². The van der Waals surface area contributed by atoms with Gasteiger partial charge in [-0.15, -0.1) is 0 Å². The summed E-state index contributed by atoms with van der Waals surface area (Å²) in [6.07, 6.45) is 7.25. The molecule has 0 aliphatic heterocycles. The van der Waals surface area contributed by atoms with Crippen molar-refractivity contribution in [3.8, 4) is 0 Å². The van der Waals surface area contributed by atoms with Crippen LogP contribution in [0.2, 0.25) is 0 Å². The summed E-state index contributed by atoms with van der Waals surface area (Å²) < 4.78 is 0. The fraction of sp³-hybridized carbons (Fsp3) is 0.600. The monoisotopic (exact) mass is 281 g/mol. The van der Waals surface area contributed by atoms with E-state index in [1.165, 1.54) is 12.2 Å². The molecule has 0 fully saturated rings. The van der Waals surface area contributed by atoms with Gasteiger partial charge in [-0.1, -0.05) is 12.2 Å². The van der Waals surface area contributed by atoms with Gasteiger partial charge in [-0.3, -0.25) is 9.59 Å². The van der Waals surface area contributed by atoms with Crippen molar-refractivity contribution in [2.45, 2.75) is 39.3 Å². The molecule has 0 aliphatic rings. The first kappa shape index (κ1) is 18.4. The van der Waals surface area contributed by atoms with Crippen LogP contribution in [0.4, 0.5) is 0 Å². The molecule has 0 saturated carbocycles. The van der Waals surface area contributed by atoms with Crippen LogP contribution >= 0.6 is 0 Å². The van der Waals surface area contributed by atoms with Crippen LogP contribution < -0.4 is 10.6 Å². The summed E-state index contributed by atoms with van der Waals surface area (Å²) >= 11 is 0. The molecule has 114 valence electrons. The first-order valence-corrected chi connectivity index (χ1v) is 6.90. The highest BCUT2D eigenvalue weighted by Gasteiger charge is 2.03. The number of carbonyl (C=O) groups is 2. The minimum Gasteiger partial charge on any atom is -0.350 e. The topological polar surface area (TPSA) is 61.4 Å². The van der Waals surface area contributed by atoms with Crippen molar-refractivity contribution in [1.29, 1.82) is 0 Å². The van der Waals surface area contributed by atoms with E-state index in [1.54, 1.807) is 6.08 Å². The zero-order valence-electron chi connectivity index (χ0n) is 13.1. The number of nitrogens with zero attached hydrogens (tertiary/aromatic N) is 1. The van der Waals surface area contributed by atoms with E-state index >= 15 is 0 Å². The highest BCUT2D eigenvalue weighted by atomic mass is 16.2. The molecule has 2 amide bonds. The summed E-state index contributed by atoms with van der Waals surface area (Å²) in [5.41, 5.74) is 0. The molecule has 5 nitrogen and oxygen atoms in total. The fourth-order valence-corrected chi connectivity index (χ4v) is 1.43. The van der Waals surface area contributed by atoms with Gasteiger partial charge in [-0.25, -0.2) is 0 Å². The van der Waals surface area contributed by atoms with Gasteiger partial charge in [0.25, 0.3) is 0 Å². The summed E-state index contributed by atoms with van der Waals surface area (Å²) in [7, 11) is 3.88. The number of amides is 2. The van der Waals surface area contributed by atoms with E-state index < -0.39 is 0 Å². The van der Waals surface area contributed by atoms with E-state index in [9.17, 15) is 9.59 Å². The second-order valence-electron chi connectivity index (χ2n) is 5.38. The number of carbonyl (C=O) groups excluding carboxylic acids is 2. The van der Waals surface area contributed by atoms with Crippen molar-refractivity contribution < 1.29 is 9.59 Å². The van der Waals surface area contributed by atoms with Crippen LogP contribution in [0.5, 0.6) is 0 Å². The molecular weight excluding hydrogens is 254 g/mol. The Morgan fingerprint density at radius 3 is 2.10 bits per heavy atom. The van der Waals surface area contributed by atoms with Gasteiger partial charge in [0.2, 0.25) is 11.8 Å². The maximum atomic E-state index is 11.6. The van der Waals surface area contributed by atoms with Gasteiger partial charge in [0.05, 0.1) is 0 Å². The van der Waals surface area contributed by atoms with Crippen LogP contribution in [0.3, 0.4) is 0 Å². The van der Waals surface area contributed by atoms with Crippen LogP contribution in [0, 0.1) is 0 Å². The highest BCUT2D eigenvalue weighted by Crippen LogP contribution is 1.93. The molecule has 20 heavy (non-hydrogen) atoms. The zero-order valence-corrected chi connectivity index (χ0v) is 13.1. The van der Waals surface area contributed by atoms with Crippen molar-refractivity contribution in [2.24, 2.45) is 0 Å². The summed E-state index contributed by atoms with van der Waals surface area (Å²) in [4.78, 5) is 24.9. The van der Waals surface area contributed by atoms with Crippen LogP contribution in [0.15, 0.2) is 24.3 Å². The van der Waals surface area contributed by atoms with Crippen LogP contribution in [-0.4, -0.2) is 49.4 Å². The minimum atomic E-state index is -0.112. The predicted octanol–water partition coefficient (Wildman–Crippen LogP) is 1.08. The van der Waals surface area contributed by atoms with E-state index in [-0.39, 0.29) is 23.9 Å². The highest BCUT2D eigenvalue weighted by molar-refractivity contribution is 5.88. The lowest BCUT2D eigenvalue weighted by Gasteiger charge is -2.10. The van der Waals surface area contributed by atoms with Crippen LogP contribution in [0.25, 0.3) is 0 Å². The lowest BCUT2D eigenvalue weighted by molar-refractivity contribution is -0.117. The van der Waals surface area contributed by atoms with Gasteiger partial charge in [0.15, 0.2) is 0 Å². The van der Waals surface area contributed by atoms with Gasteiger partial charge >= 0.3 is 0 Å². The molecule has 0 heterocycles. The third-order valence-electron chi connectivity index (χ3n) is 2.32. The molecule has 0 aromatic carbocycles. The lowest BCUT2D eigenvalue weighted by Crippen LogP contribution is -2.31. The molecule has 1 atom stereocenters. The Balaban J connectivity index is 3.96. The smallest absolute Gasteiger partial charge is 0.243 e. The maximum absolute atomic E-state index is 11.6. The molecule has 0 saturated heterocycles. The van der Waals surface area contributed by atoms with Gasteiger partial charge < -0.3 is 15.5 Å². The molecule has 0 aliphatic carbocycles. The lowest BCUT2D eigenvalue weighted by atomic mass is 10.2. The first-order chi connectivity index (χ1) is 9.31. The van der Waals surface area contributed by atoms with E-state index in [1.807, 2.05) is 45.8 Å². The summed E-state index contributed by atoms with van der Waals surface area (Å²) in [6, 6.07) is 0.126. The molecule has 0 rings (SSSR count). The Labute approximate surface area is 122 Å². The normalized spacial score (nSPS) is 13.3. The quantitative estimate of drug-likeness (QED) is 0.655. The third kappa shape index (κ3) is 11.5. The first-order valence-electron chi connectivity index (χ1n) is 6.90. The fourth-order valence-electron chi connectivity index (χ4n) is 1.43. The average molecular weight is 281 g/mol. The standard InChI is InChI=1S/C15H27N3O2/c1-12(2)16-14(19)9-6-8-13(3)17-15(20)10-7-11-18(4)5/h6-7,9-10,12-13H,8,11H2,1-5H3,(H,16,19)(H,17,20)/b9-6+,10-7+. The Kier molecular flexibility index (Phi) is 9.38. The minimum absolute atomic E-state index is 0.00499. The number of likely N-dealkylation sites (N-methyl/N-ethyl adjacent to an activating group) is 1. The number of hydrogen-bond donors (Lipinski definition) is 2. The van der Waals surface area contributed by atoms with Gasteiger partial charge in [0.1, 0.15) is 0 Å². The van der Waals surface area contributed by atoms with E-state index in [0.717, 1.165) is 6.54 Å². The molecule has 1 unspecified atom stereocenters. The van der Waals surface area contributed by atoms with Crippen molar-refractivity contribution in [1.82, 2.24) is 15.5 Å². The molecule has 5 heteroatoms.